The van der Waals surface area contributed by atoms with E-state index in [0.717, 1.165) is 32.5 Å². The molecule has 4 N–H and O–H groups in total. The minimum atomic E-state index is -3.46. The Morgan fingerprint density at radius 2 is 1.81 bits per heavy atom. The third kappa shape index (κ3) is 3.47. The number of nitrogen functional groups attached to an aromatic ring is 2. The first-order chi connectivity index (χ1) is 14.8. The van der Waals surface area contributed by atoms with Gasteiger partial charge in [-0.15, -0.1) is 11.3 Å². The number of sulfone groups is 1. The number of hydrogen-bond acceptors (Lipinski definition) is 8. The van der Waals surface area contributed by atoms with E-state index >= 15 is 0 Å². The van der Waals surface area contributed by atoms with Gasteiger partial charge >= 0.3 is 0 Å². The van der Waals surface area contributed by atoms with Crippen LogP contribution in [0.4, 0.5) is 10.7 Å². The third-order valence-electron chi connectivity index (χ3n) is 4.97. The van der Waals surface area contributed by atoms with Gasteiger partial charge in [0.25, 0.3) is 0 Å². The van der Waals surface area contributed by atoms with E-state index in [1.807, 2.05) is 30.3 Å². The van der Waals surface area contributed by atoms with Crippen LogP contribution in [0.3, 0.4) is 0 Å². The Morgan fingerprint density at radius 3 is 2.61 bits per heavy atom. The molecule has 0 saturated heterocycles. The summed E-state index contributed by atoms with van der Waals surface area (Å²) in [6.07, 6.45) is 5.64. The summed E-state index contributed by atoms with van der Waals surface area (Å²) < 4.78 is 25.6. The van der Waals surface area contributed by atoms with Gasteiger partial charge in [0.05, 0.1) is 32.8 Å². The van der Waals surface area contributed by atoms with Crippen molar-refractivity contribution in [3.63, 3.8) is 0 Å². The fourth-order valence-corrected chi connectivity index (χ4v) is 5.29. The zero-order chi connectivity index (χ0) is 21.8. The Labute approximate surface area is 182 Å². The molecule has 0 radical (unpaired) electrons. The molecule has 3 aromatic heterocycles. The van der Waals surface area contributed by atoms with Crippen molar-refractivity contribution >= 4 is 53.0 Å². The summed E-state index contributed by atoms with van der Waals surface area (Å²) in [5, 5.41) is 1.78. The molecule has 0 saturated carbocycles. The van der Waals surface area contributed by atoms with Crippen LogP contribution in [-0.2, 0) is 9.84 Å². The molecular formula is C22H17N5O2S2. The van der Waals surface area contributed by atoms with E-state index in [2.05, 4.69) is 9.97 Å². The molecule has 0 aliphatic carbocycles. The predicted molar refractivity (Wildman–Crippen MR) is 126 cm³/mol. The second-order valence-electron chi connectivity index (χ2n) is 7.24. The van der Waals surface area contributed by atoms with E-state index in [-0.39, 0.29) is 4.90 Å². The molecule has 154 valence electrons. The standard InChI is InChI=1S/C22H17N5O2S2/c1-31(28,29)20-4-5-25-10-16(20)18-11-26-17-9-14(23)8-15(22(17)27-18)12-2-3-19-13(6-12)7-21(24)30-19/h2-11H,23-24H2,1H3. The Bertz CT molecular complexity index is 1590. The van der Waals surface area contributed by atoms with Crippen LogP contribution in [0.1, 0.15) is 0 Å². The van der Waals surface area contributed by atoms with Crippen LogP contribution in [-0.4, -0.2) is 29.6 Å². The quantitative estimate of drug-likeness (QED) is 0.398. The molecule has 0 spiro atoms. The van der Waals surface area contributed by atoms with Gasteiger partial charge in [-0.2, -0.15) is 0 Å². The van der Waals surface area contributed by atoms with Crippen molar-refractivity contribution in [2.45, 2.75) is 4.90 Å². The Hall–Kier alpha value is -3.56. The van der Waals surface area contributed by atoms with Crippen molar-refractivity contribution in [2.24, 2.45) is 0 Å². The Balaban J connectivity index is 1.77. The second-order valence-corrected chi connectivity index (χ2v) is 10.3. The predicted octanol–water partition coefficient (Wildman–Crippen LogP) is 4.14. The molecule has 31 heavy (non-hydrogen) atoms. The first-order valence-corrected chi connectivity index (χ1v) is 12.0. The van der Waals surface area contributed by atoms with E-state index in [4.69, 9.17) is 16.5 Å². The molecule has 0 atom stereocenters. The fraction of sp³-hybridized carbons (Fsp3) is 0.0455. The summed E-state index contributed by atoms with van der Waals surface area (Å²) in [6.45, 7) is 0. The van der Waals surface area contributed by atoms with E-state index in [1.54, 1.807) is 12.3 Å². The highest BCUT2D eigenvalue weighted by Crippen LogP contribution is 2.35. The average Bonchev–Trinajstić information content (AvgIpc) is 3.11. The van der Waals surface area contributed by atoms with Crippen molar-refractivity contribution in [1.29, 1.82) is 0 Å². The number of aromatic nitrogens is 3. The first-order valence-electron chi connectivity index (χ1n) is 9.30. The van der Waals surface area contributed by atoms with Crippen molar-refractivity contribution in [3.05, 3.63) is 61.1 Å². The molecule has 0 bridgehead atoms. The van der Waals surface area contributed by atoms with E-state index in [1.165, 1.54) is 29.8 Å². The topological polar surface area (TPSA) is 125 Å². The number of fused-ring (bicyclic) bond motifs is 2. The lowest BCUT2D eigenvalue weighted by atomic mass is 10.0. The van der Waals surface area contributed by atoms with Gasteiger partial charge in [-0.3, -0.25) is 9.97 Å². The van der Waals surface area contributed by atoms with E-state index in [0.29, 0.717) is 28.0 Å². The Kier molecular flexibility index (Phi) is 4.38. The smallest absolute Gasteiger partial charge is 0.176 e. The summed E-state index contributed by atoms with van der Waals surface area (Å²) >= 11 is 1.53. The number of nitrogens with two attached hydrogens (primary N) is 2. The fourth-order valence-electron chi connectivity index (χ4n) is 3.62. The van der Waals surface area contributed by atoms with Gasteiger partial charge in [-0.25, -0.2) is 13.4 Å². The molecule has 0 fully saturated rings. The number of thiophene rings is 1. The molecule has 2 aromatic carbocycles. The number of rotatable bonds is 3. The first kappa shape index (κ1) is 19.4. The maximum Gasteiger partial charge on any atom is 0.176 e. The summed E-state index contributed by atoms with van der Waals surface area (Å²) in [4.78, 5) is 13.5. The van der Waals surface area contributed by atoms with Gasteiger partial charge in [0.2, 0.25) is 0 Å². The van der Waals surface area contributed by atoms with Gasteiger partial charge in [0.1, 0.15) is 0 Å². The summed E-state index contributed by atoms with van der Waals surface area (Å²) in [5.74, 6) is 0. The Morgan fingerprint density at radius 1 is 0.968 bits per heavy atom. The van der Waals surface area contributed by atoms with Crippen molar-refractivity contribution < 1.29 is 8.42 Å². The highest BCUT2D eigenvalue weighted by Gasteiger charge is 2.17. The molecule has 5 rings (SSSR count). The van der Waals surface area contributed by atoms with Gasteiger partial charge in [0, 0.05) is 40.2 Å². The molecule has 9 heteroatoms. The molecular weight excluding hydrogens is 430 g/mol. The third-order valence-corrected chi connectivity index (χ3v) is 7.07. The molecule has 3 heterocycles. The lowest BCUT2D eigenvalue weighted by Gasteiger charge is -2.11. The van der Waals surface area contributed by atoms with Crippen LogP contribution in [0.15, 0.2) is 66.0 Å². The van der Waals surface area contributed by atoms with Crippen molar-refractivity contribution in [2.75, 3.05) is 17.7 Å². The summed E-state index contributed by atoms with van der Waals surface area (Å²) in [7, 11) is -3.46. The minimum Gasteiger partial charge on any atom is -0.399 e. The number of hydrogen-bond donors (Lipinski definition) is 2. The number of anilines is 2. The van der Waals surface area contributed by atoms with Crippen LogP contribution in [0, 0.1) is 0 Å². The average molecular weight is 448 g/mol. The summed E-state index contributed by atoms with van der Waals surface area (Å²) in [6, 6.07) is 13.0. The monoisotopic (exact) mass is 447 g/mol. The lowest BCUT2D eigenvalue weighted by Crippen LogP contribution is -2.02. The summed E-state index contributed by atoms with van der Waals surface area (Å²) in [5.41, 5.74) is 16.4. The number of pyridine rings is 1. The molecule has 0 aliphatic heterocycles. The van der Waals surface area contributed by atoms with Crippen LogP contribution < -0.4 is 11.5 Å². The van der Waals surface area contributed by atoms with Crippen LogP contribution >= 0.6 is 11.3 Å². The number of benzene rings is 2. The molecule has 0 unspecified atom stereocenters. The maximum atomic E-state index is 12.2. The van der Waals surface area contributed by atoms with Gasteiger partial charge in [0.15, 0.2) is 9.84 Å². The minimum absolute atomic E-state index is 0.156. The van der Waals surface area contributed by atoms with E-state index < -0.39 is 9.84 Å². The normalized spacial score (nSPS) is 11.9. The van der Waals surface area contributed by atoms with Crippen LogP contribution in [0.5, 0.6) is 0 Å². The SMILES string of the molecule is CS(=O)(=O)c1ccncc1-c1cnc2cc(N)cc(-c3ccc4sc(N)cc4c3)c2n1. The zero-order valence-electron chi connectivity index (χ0n) is 16.4. The van der Waals surface area contributed by atoms with E-state index in [9.17, 15) is 8.42 Å². The van der Waals surface area contributed by atoms with Crippen LogP contribution in [0.25, 0.3) is 43.5 Å². The van der Waals surface area contributed by atoms with Crippen molar-refractivity contribution in [1.82, 2.24) is 15.0 Å². The second kappa shape index (κ2) is 7.00. The van der Waals surface area contributed by atoms with Gasteiger partial charge < -0.3 is 11.5 Å². The zero-order valence-corrected chi connectivity index (χ0v) is 18.0. The highest BCUT2D eigenvalue weighted by molar-refractivity contribution is 7.90. The molecule has 0 amide bonds. The number of nitrogens with zero attached hydrogens (tertiary/aromatic N) is 3. The molecule has 7 nitrogen and oxygen atoms in total. The van der Waals surface area contributed by atoms with Gasteiger partial charge in [-0.05, 0) is 47.3 Å². The highest BCUT2D eigenvalue weighted by atomic mass is 32.2. The lowest BCUT2D eigenvalue weighted by molar-refractivity contribution is 0.602. The van der Waals surface area contributed by atoms with Crippen LogP contribution in [0.2, 0.25) is 0 Å². The maximum absolute atomic E-state index is 12.2. The van der Waals surface area contributed by atoms with Gasteiger partial charge in [-0.1, -0.05) is 6.07 Å². The van der Waals surface area contributed by atoms with Crippen molar-refractivity contribution in [3.8, 4) is 22.4 Å². The molecule has 5 aromatic rings. The molecule has 0 aliphatic rings. The largest absolute Gasteiger partial charge is 0.399 e.